The maximum Gasteiger partial charge on any atom is 0.238 e. The molecule has 2 aliphatic heterocycles. The summed E-state index contributed by atoms with van der Waals surface area (Å²) < 4.78 is 0. The second-order valence-electron chi connectivity index (χ2n) is 11.3. The fourth-order valence-corrected chi connectivity index (χ4v) is 6.88. The van der Waals surface area contributed by atoms with Crippen LogP contribution in [-0.2, 0) is 22.6 Å². The molecule has 3 heterocycles. The summed E-state index contributed by atoms with van der Waals surface area (Å²) in [5.74, 6) is 0.276. The summed E-state index contributed by atoms with van der Waals surface area (Å²) in [5.41, 5.74) is 8.74. The van der Waals surface area contributed by atoms with Crippen LogP contribution in [0.5, 0.6) is 0 Å². The number of aromatic nitrogens is 1. The van der Waals surface area contributed by atoms with Gasteiger partial charge in [0.15, 0.2) is 0 Å². The molecule has 1 saturated heterocycles. The van der Waals surface area contributed by atoms with E-state index in [0.29, 0.717) is 6.54 Å². The highest BCUT2D eigenvalue weighted by Crippen LogP contribution is 2.41. The number of fused-ring (bicyclic) bond motifs is 1. The summed E-state index contributed by atoms with van der Waals surface area (Å²) in [6.45, 7) is 4.31. The molecule has 1 saturated carbocycles. The van der Waals surface area contributed by atoms with Crippen molar-refractivity contribution < 1.29 is 9.59 Å². The summed E-state index contributed by atoms with van der Waals surface area (Å²) in [4.78, 5) is 36.1. The number of anilines is 1. The van der Waals surface area contributed by atoms with Gasteiger partial charge in [0.1, 0.15) is 11.4 Å². The van der Waals surface area contributed by atoms with E-state index in [2.05, 4.69) is 46.6 Å². The lowest BCUT2D eigenvalue weighted by Crippen LogP contribution is -2.63. The van der Waals surface area contributed by atoms with Crippen LogP contribution in [0.4, 0.5) is 5.82 Å². The van der Waals surface area contributed by atoms with Crippen LogP contribution in [0.15, 0.2) is 42.6 Å². The molecular formula is C30H41N5O2. The van der Waals surface area contributed by atoms with E-state index in [1.165, 1.54) is 17.5 Å². The molecule has 0 spiro atoms. The standard InChI is InChI=1S/C30H41N5O2/c1-30(32-2,29(31)37)27(22-10-4-3-5-11-22)28(36)35-17-8-13-25(35)23-14-16-33-26(19-23)34-18-15-21-9-6-7-12-24(21)20-34/h6-7,9,12,14,16,19,22,25,27,32H,3-5,8,10-11,13,15,17-18,20H2,1-2H3,(H2,31,37)/t25-,27+,30?/m0/s1. The van der Waals surface area contributed by atoms with E-state index in [1.807, 2.05) is 18.0 Å². The van der Waals surface area contributed by atoms with Gasteiger partial charge in [-0.15, -0.1) is 0 Å². The molecule has 3 aliphatic rings. The Morgan fingerprint density at radius 3 is 2.54 bits per heavy atom. The average Bonchev–Trinajstić information content (AvgIpc) is 3.43. The third-order valence-electron chi connectivity index (χ3n) is 9.19. The van der Waals surface area contributed by atoms with Gasteiger partial charge in [0.25, 0.3) is 0 Å². The maximum absolute atomic E-state index is 14.3. The molecule has 2 amide bonds. The van der Waals surface area contributed by atoms with Crippen molar-refractivity contribution in [1.82, 2.24) is 15.2 Å². The number of carbonyl (C=O) groups is 2. The zero-order valence-electron chi connectivity index (χ0n) is 22.3. The molecule has 1 aliphatic carbocycles. The highest BCUT2D eigenvalue weighted by molar-refractivity contribution is 5.93. The van der Waals surface area contributed by atoms with E-state index in [1.54, 1.807) is 7.05 Å². The third-order valence-corrected chi connectivity index (χ3v) is 9.19. The first-order valence-electron chi connectivity index (χ1n) is 14.0. The van der Waals surface area contributed by atoms with Gasteiger partial charge in [-0.05, 0) is 80.8 Å². The number of pyridine rings is 1. The highest BCUT2D eigenvalue weighted by atomic mass is 16.2. The molecule has 3 atom stereocenters. The molecule has 3 N–H and O–H groups in total. The maximum atomic E-state index is 14.3. The number of hydrogen-bond acceptors (Lipinski definition) is 5. The Morgan fingerprint density at radius 1 is 1.05 bits per heavy atom. The van der Waals surface area contributed by atoms with Gasteiger partial charge in [0.05, 0.1) is 12.0 Å². The van der Waals surface area contributed by atoms with E-state index in [4.69, 9.17) is 10.7 Å². The molecule has 1 aromatic heterocycles. The van der Waals surface area contributed by atoms with Crippen LogP contribution in [0.2, 0.25) is 0 Å². The number of carbonyl (C=O) groups excluding carboxylic acids is 2. The lowest BCUT2D eigenvalue weighted by atomic mass is 9.69. The molecule has 198 valence electrons. The zero-order chi connectivity index (χ0) is 26.0. The van der Waals surface area contributed by atoms with Gasteiger partial charge in [-0.3, -0.25) is 9.59 Å². The van der Waals surface area contributed by atoms with Crippen molar-refractivity contribution >= 4 is 17.6 Å². The van der Waals surface area contributed by atoms with Gasteiger partial charge in [-0.1, -0.05) is 43.5 Å². The van der Waals surface area contributed by atoms with Crippen molar-refractivity contribution in [3.05, 3.63) is 59.3 Å². The smallest absolute Gasteiger partial charge is 0.238 e. The monoisotopic (exact) mass is 503 g/mol. The van der Waals surface area contributed by atoms with Crippen LogP contribution in [0, 0.1) is 11.8 Å². The topological polar surface area (TPSA) is 91.6 Å². The number of hydrogen-bond donors (Lipinski definition) is 2. The van der Waals surface area contributed by atoms with Crippen molar-refractivity contribution in [2.45, 2.75) is 76.4 Å². The van der Waals surface area contributed by atoms with E-state index >= 15 is 0 Å². The first-order valence-corrected chi connectivity index (χ1v) is 14.0. The molecule has 2 aromatic rings. The number of nitrogens with zero attached hydrogens (tertiary/aromatic N) is 3. The van der Waals surface area contributed by atoms with Crippen molar-refractivity contribution in [3.8, 4) is 0 Å². The van der Waals surface area contributed by atoms with Gasteiger partial charge in [0, 0.05) is 25.8 Å². The Morgan fingerprint density at radius 2 is 1.81 bits per heavy atom. The summed E-state index contributed by atoms with van der Waals surface area (Å²) in [5, 5.41) is 3.16. The van der Waals surface area contributed by atoms with Crippen molar-refractivity contribution in [2.75, 3.05) is 25.0 Å². The van der Waals surface area contributed by atoms with E-state index in [9.17, 15) is 9.59 Å². The Bertz CT molecular complexity index is 1130. The molecular weight excluding hydrogens is 462 g/mol. The molecule has 0 radical (unpaired) electrons. The summed E-state index contributed by atoms with van der Waals surface area (Å²) >= 11 is 0. The number of primary amides is 1. The number of benzene rings is 1. The Kier molecular flexibility index (Phi) is 7.52. The molecule has 0 bridgehead atoms. The minimum Gasteiger partial charge on any atom is -0.368 e. The quantitative estimate of drug-likeness (QED) is 0.597. The first-order chi connectivity index (χ1) is 17.9. The third kappa shape index (κ3) is 4.98. The van der Waals surface area contributed by atoms with Crippen molar-refractivity contribution in [1.29, 1.82) is 0 Å². The van der Waals surface area contributed by atoms with Crippen molar-refractivity contribution in [2.24, 2.45) is 17.6 Å². The molecule has 7 heteroatoms. The number of nitrogens with one attached hydrogen (secondary N) is 1. The summed E-state index contributed by atoms with van der Waals surface area (Å²) in [7, 11) is 1.75. The summed E-state index contributed by atoms with van der Waals surface area (Å²) in [6.07, 6.45) is 10.1. The average molecular weight is 504 g/mol. The second kappa shape index (κ2) is 10.8. The summed E-state index contributed by atoms with van der Waals surface area (Å²) in [6, 6.07) is 12.8. The number of rotatable bonds is 7. The minimum atomic E-state index is -1.07. The number of likely N-dealkylation sites (tertiary alicyclic amines) is 1. The molecule has 1 aromatic carbocycles. The predicted molar refractivity (Wildman–Crippen MR) is 146 cm³/mol. The van der Waals surface area contributed by atoms with E-state index < -0.39 is 17.4 Å². The van der Waals surface area contributed by atoms with Crippen LogP contribution in [0.1, 0.15) is 74.6 Å². The zero-order valence-corrected chi connectivity index (χ0v) is 22.3. The lowest BCUT2D eigenvalue weighted by molar-refractivity contribution is -0.147. The van der Waals surface area contributed by atoms with Gasteiger partial charge in [-0.25, -0.2) is 4.98 Å². The largest absolute Gasteiger partial charge is 0.368 e. The number of likely N-dealkylation sites (N-methyl/N-ethyl adjacent to an activating group) is 1. The molecule has 37 heavy (non-hydrogen) atoms. The second-order valence-corrected chi connectivity index (χ2v) is 11.3. The predicted octanol–water partition coefficient (Wildman–Crippen LogP) is 3.97. The Labute approximate surface area is 220 Å². The van der Waals surface area contributed by atoms with Gasteiger partial charge < -0.3 is 20.9 Å². The highest BCUT2D eigenvalue weighted by Gasteiger charge is 2.50. The Hall–Kier alpha value is -2.93. The molecule has 7 nitrogen and oxygen atoms in total. The normalized spacial score (nSPS) is 22.8. The van der Waals surface area contributed by atoms with Crippen LogP contribution < -0.4 is 16.0 Å². The van der Waals surface area contributed by atoms with Gasteiger partial charge in [0.2, 0.25) is 11.8 Å². The Balaban J connectivity index is 1.41. The van der Waals surface area contributed by atoms with Crippen LogP contribution in [-0.4, -0.2) is 47.4 Å². The van der Waals surface area contributed by atoms with Crippen LogP contribution in [0.3, 0.4) is 0 Å². The fraction of sp³-hybridized carbons (Fsp3) is 0.567. The number of amides is 2. The van der Waals surface area contributed by atoms with Gasteiger partial charge >= 0.3 is 0 Å². The van der Waals surface area contributed by atoms with Crippen molar-refractivity contribution in [3.63, 3.8) is 0 Å². The molecule has 1 unspecified atom stereocenters. The lowest BCUT2D eigenvalue weighted by Gasteiger charge is -2.43. The minimum absolute atomic E-state index is 0.00796. The molecule has 2 fully saturated rings. The van der Waals surface area contributed by atoms with Crippen LogP contribution >= 0.6 is 0 Å². The molecule has 5 rings (SSSR count). The first kappa shape index (κ1) is 25.7. The van der Waals surface area contributed by atoms with E-state index in [-0.39, 0.29) is 17.9 Å². The van der Waals surface area contributed by atoms with Crippen LogP contribution in [0.25, 0.3) is 0 Å². The SMILES string of the molecule is CNC(C)(C(N)=O)[C@@H](C(=O)N1CCC[C@H]1c1ccnc(N2CCc3ccccc3C2)c1)C1CCCCC1. The van der Waals surface area contributed by atoms with Gasteiger partial charge in [-0.2, -0.15) is 0 Å². The van der Waals surface area contributed by atoms with E-state index in [0.717, 1.165) is 69.4 Å². The fourth-order valence-electron chi connectivity index (χ4n) is 6.88. The number of nitrogens with two attached hydrogens (primary N) is 1.